The van der Waals surface area contributed by atoms with E-state index in [4.69, 9.17) is 23.2 Å². The van der Waals surface area contributed by atoms with Gasteiger partial charge in [0.05, 0.1) is 0 Å². The molecule has 2 aromatic carbocycles. The standard InChI is InChI=1S/C16H14Cl2O/c1-10-3-4-12(15(18)7-10)9-16(19)13-5-11(2)6-14(17)8-13/h3-8H,9H2,1-2H3. The van der Waals surface area contributed by atoms with Gasteiger partial charge in [0.2, 0.25) is 0 Å². The van der Waals surface area contributed by atoms with E-state index in [9.17, 15) is 4.79 Å². The Morgan fingerprint density at radius 1 is 1.00 bits per heavy atom. The molecule has 0 spiro atoms. The summed E-state index contributed by atoms with van der Waals surface area (Å²) in [6.07, 6.45) is 0.291. The number of rotatable bonds is 3. The Bertz CT molecular complexity index is 612. The van der Waals surface area contributed by atoms with Crippen molar-refractivity contribution in [2.45, 2.75) is 20.3 Å². The van der Waals surface area contributed by atoms with Gasteiger partial charge in [-0.05, 0) is 54.8 Å². The summed E-state index contributed by atoms with van der Waals surface area (Å²) in [6, 6.07) is 11.1. The van der Waals surface area contributed by atoms with Crippen molar-refractivity contribution in [3.63, 3.8) is 0 Å². The van der Waals surface area contributed by atoms with Crippen molar-refractivity contribution in [3.8, 4) is 0 Å². The van der Waals surface area contributed by atoms with Crippen LogP contribution in [0.4, 0.5) is 0 Å². The molecule has 0 N–H and O–H groups in total. The molecule has 0 aliphatic heterocycles. The van der Waals surface area contributed by atoms with E-state index in [-0.39, 0.29) is 5.78 Å². The Kier molecular flexibility index (Phi) is 4.28. The molecule has 0 unspecified atom stereocenters. The third-order valence-electron chi connectivity index (χ3n) is 2.92. The first-order valence-electron chi connectivity index (χ1n) is 6.01. The van der Waals surface area contributed by atoms with E-state index in [2.05, 4.69) is 0 Å². The molecule has 0 saturated heterocycles. The van der Waals surface area contributed by atoms with Gasteiger partial charge in [0.25, 0.3) is 0 Å². The van der Waals surface area contributed by atoms with Crippen LogP contribution in [0.25, 0.3) is 0 Å². The fourth-order valence-electron chi connectivity index (χ4n) is 1.97. The smallest absolute Gasteiger partial charge is 0.167 e. The molecule has 19 heavy (non-hydrogen) atoms. The van der Waals surface area contributed by atoms with Crippen LogP contribution >= 0.6 is 23.2 Å². The summed E-state index contributed by atoms with van der Waals surface area (Å²) >= 11 is 12.1. The normalized spacial score (nSPS) is 10.5. The van der Waals surface area contributed by atoms with Crippen LogP contribution < -0.4 is 0 Å². The van der Waals surface area contributed by atoms with Crippen molar-refractivity contribution in [1.82, 2.24) is 0 Å². The molecular formula is C16H14Cl2O. The second-order valence-corrected chi connectivity index (χ2v) is 5.56. The topological polar surface area (TPSA) is 17.1 Å². The van der Waals surface area contributed by atoms with E-state index >= 15 is 0 Å². The number of ketones is 1. The van der Waals surface area contributed by atoms with Gasteiger partial charge in [-0.3, -0.25) is 4.79 Å². The van der Waals surface area contributed by atoms with Crippen LogP contribution in [0.15, 0.2) is 36.4 Å². The molecule has 98 valence electrons. The number of carbonyl (C=O) groups is 1. The molecule has 3 heteroatoms. The Hall–Kier alpha value is -1.31. The van der Waals surface area contributed by atoms with Crippen molar-refractivity contribution in [2.24, 2.45) is 0 Å². The van der Waals surface area contributed by atoms with Crippen LogP contribution in [-0.4, -0.2) is 5.78 Å². The van der Waals surface area contributed by atoms with E-state index in [1.165, 1.54) is 0 Å². The lowest BCUT2D eigenvalue weighted by atomic mass is 10.0. The lowest BCUT2D eigenvalue weighted by molar-refractivity contribution is 0.0993. The molecular weight excluding hydrogens is 279 g/mol. The third kappa shape index (κ3) is 3.59. The lowest BCUT2D eigenvalue weighted by Gasteiger charge is -2.06. The first-order valence-corrected chi connectivity index (χ1v) is 6.77. The van der Waals surface area contributed by atoms with Crippen LogP contribution in [0.1, 0.15) is 27.0 Å². The average molecular weight is 293 g/mol. The number of hydrogen-bond donors (Lipinski definition) is 0. The number of carbonyl (C=O) groups excluding carboxylic acids is 1. The van der Waals surface area contributed by atoms with Crippen LogP contribution in [-0.2, 0) is 6.42 Å². The molecule has 0 bridgehead atoms. The zero-order chi connectivity index (χ0) is 14.0. The van der Waals surface area contributed by atoms with Crippen molar-refractivity contribution in [3.05, 3.63) is 68.7 Å². The largest absolute Gasteiger partial charge is 0.294 e. The van der Waals surface area contributed by atoms with E-state index in [0.717, 1.165) is 16.7 Å². The predicted molar refractivity (Wildman–Crippen MR) is 80.4 cm³/mol. The highest BCUT2D eigenvalue weighted by Crippen LogP contribution is 2.21. The summed E-state index contributed by atoms with van der Waals surface area (Å²) in [5, 5.41) is 1.21. The van der Waals surface area contributed by atoms with Crippen molar-refractivity contribution < 1.29 is 4.79 Å². The molecule has 0 aliphatic rings. The van der Waals surface area contributed by atoms with Gasteiger partial charge >= 0.3 is 0 Å². The molecule has 2 aromatic rings. The van der Waals surface area contributed by atoms with Crippen LogP contribution in [0.3, 0.4) is 0 Å². The maximum atomic E-state index is 12.2. The van der Waals surface area contributed by atoms with E-state index in [1.54, 1.807) is 6.07 Å². The minimum atomic E-state index is 0.0244. The highest BCUT2D eigenvalue weighted by atomic mass is 35.5. The first kappa shape index (κ1) is 14.1. The highest BCUT2D eigenvalue weighted by Gasteiger charge is 2.11. The predicted octanol–water partition coefficient (Wildman–Crippen LogP) is 5.04. The zero-order valence-corrected chi connectivity index (χ0v) is 12.3. The van der Waals surface area contributed by atoms with E-state index in [0.29, 0.717) is 22.0 Å². The summed E-state index contributed by atoms with van der Waals surface area (Å²) in [5.74, 6) is 0.0244. The highest BCUT2D eigenvalue weighted by molar-refractivity contribution is 6.32. The Balaban J connectivity index is 2.25. The third-order valence-corrected chi connectivity index (χ3v) is 3.49. The summed E-state index contributed by atoms with van der Waals surface area (Å²) in [4.78, 5) is 12.2. The maximum absolute atomic E-state index is 12.2. The van der Waals surface area contributed by atoms with Gasteiger partial charge in [0.1, 0.15) is 0 Å². The molecule has 0 heterocycles. The second kappa shape index (κ2) is 5.77. The molecule has 0 aromatic heterocycles. The minimum Gasteiger partial charge on any atom is -0.294 e. The van der Waals surface area contributed by atoms with Crippen LogP contribution in [0, 0.1) is 13.8 Å². The quantitative estimate of drug-likeness (QED) is 0.725. The molecule has 0 saturated carbocycles. The van der Waals surface area contributed by atoms with Crippen molar-refractivity contribution in [1.29, 1.82) is 0 Å². The van der Waals surface area contributed by atoms with Crippen molar-refractivity contribution in [2.75, 3.05) is 0 Å². The Labute approximate surface area is 123 Å². The van der Waals surface area contributed by atoms with Crippen LogP contribution in [0.2, 0.25) is 10.0 Å². The van der Waals surface area contributed by atoms with Gasteiger partial charge in [-0.2, -0.15) is 0 Å². The summed E-state index contributed by atoms with van der Waals surface area (Å²) < 4.78 is 0. The SMILES string of the molecule is Cc1cc(Cl)cc(C(=O)Cc2ccc(C)cc2Cl)c1. The minimum absolute atomic E-state index is 0.0244. The number of Topliss-reactive ketones (excluding diaryl/α,β-unsaturated/α-hetero) is 1. The number of halogens is 2. The van der Waals surface area contributed by atoms with Gasteiger partial charge in [-0.25, -0.2) is 0 Å². The van der Waals surface area contributed by atoms with E-state index in [1.807, 2.05) is 44.2 Å². The lowest BCUT2D eigenvalue weighted by Crippen LogP contribution is -2.04. The summed E-state index contributed by atoms with van der Waals surface area (Å²) in [6.45, 7) is 3.89. The fraction of sp³-hybridized carbons (Fsp3) is 0.188. The Morgan fingerprint density at radius 2 is 1.74 bits per heavy atom. The molecule has 0 aliphatic carbocycles. The molecule has 0 atom stereocenters. The van der Waals surface area contributed by atoms with E-state index < -0.39 is 0 Å². The second-order valence-electron chi connectivity index (χ2n) is 4.71. The fourth-order valence-corrected chi connectivity index (χ4v) is 2.56. The number of benzene rings is 2. The first-order chi connectivity index (χ1) is 8.95. The van der Waals surface area contributed by atoms with Gasteiger partial charge in [0.15, 0.2) is 5.78 Å². The van der Waals surface area contributed by atoms with Gasteiger partial charge in [-0.15, -0.1) is 0 Å². The number of aryl methyl sites for hydroxylation is 2. The molecule has 0 amide bonds. The molecule has 2 rings (SSSR count). The van der Waals surface area contributed by atoms with Crippen LogP contribution in [0.5, 0.6) is 0 Å². The monoisotopic (exact) mass is 292 g/mol. The van der Waals surface area contributed by atoms with Gasteiger partial charge < -0.3 is 0 Å². The van der Waals surface area contributed by atoms with Gasteiger partial charge in [0, 0.05) is 22.0 Å². The van der Waals surface area contributed by atoms with Crippen molar-refractivity contribution >= 4 is 29.0 Å². The molecule has 1 nitrogen and oxygen atoms in total. The van der Waals surface area contributed by atoms with Gasteiger partial charge in [-0.1, -0.05) is 35.3 Å². The maximum Gasteiger partial charge on any atom is 0.167 e. The summed E-state index contributed by atoms with van der Waals surface area (Å²) in [7, 11) is 0. The summed E-state index contributed by atoms with van der Waals surface area (Å²) in [5.41, 5.74) is 3.53. The molecule has 0 radical (unpaired) electrons. The average Bonchev–Trinajstić information content (AvgIpc) is 2.31. The number of hydrogen-bond acceptors (Lipinski definition) is 1. The Morgan fingerprint density at radius 3 is 2.37 bits per heavy atom. The molecule has 0 fully saturated rings. The zero-order valence-electron chi connectivity index (χ0n) is 10.8.